The standard InChI is InChI=1S/C28H31N5O5.C28H29N5O4/c1-38-23-8-4-7-20-19(23)14-22(31-20)27(36)33-24(18-11-15-5-2-3-6-16(15)12-18)28(37)32-21(25(29)34)13-17-9-10-30-26(17)35;1-37-24-8-4-7-22-21(24)14-23(32-22)27(35)33-25(19-11-16-5-2-3-6-17(16)12-19)28(36)31-20(15-29)13-18-9-10-30-26(18)34/h2-8,14,17-18,21,24,31H,9-13H2,1H3,(H2,29,34)(H,30,35)(H,32,37)(H,33,36);2-8,14,18-20,25,32H,9-13H2,1H3,(H,30,34)(H,31,36)(H,33,35)/t17-,21-,24-;18-,20-,25-/m00/s1. The molecule has 4 heterocycles. The fourth-order valence-corrected chi connectivity index (χ4v) is 11.0. The van der Waals surface area contributed by atoms with E-state index in [0.29, 0.717) is 68.8 Å². The van der Waals surface area contributed by atoms with Crippen LogP contribution < -0.4 is 47.1 Å². The van der Waals surface area contributed by atoms with Gasteiger partial charge in [-0.3, -0.25) is 33.6 Å². The van der Waals surface area contributed by atoms with E-state index >= 15 is 0 Å². The second-order valence-corrected chi connectivity index (χ2v) is 19.7. The molecule has 2 aromatic heterocycles. The highest BCUT2D eigenvalue weighted by Gasteiger charge is 2.39. The van der Waals surface area contributed by atoms with Crippen molar-refractivity contribution < 1.29 is 43.0 Å². The van der Waals surface area contributed by atoms with Gasteiger partial charge in [0.1, 0.15) is 47.1 Å². The zero-order valence-electron chi connectivity index (χ0n) is 41.6. The van der Waals surface area contributed by atoms with Gasteiger partial charge in [0.15, 0.2) is 0 Å². The molecule has 4 aliphatic rings. The average Bonchev–Trinajstić information content (AvgIpc) is 4.30. The molecule has 10 rings (SSSR count). The number of aromatic amines is 2. The van der Waals surface area contributed by atoms with Gasteiger partial charge in [0, 0.05) is 46.7 Å². The number of ether oxygens (including phenoxy) is 2. The van der Waals surface area contributed by atoms with Crippen molar-refractivity contribution in [3.63, 3.8) is 0 Å². The summed E-state index contributed by atoms with van der Waals surface area (Å²) in [6.45, 7) is 1.10. The van der Waals surface area contributed by atoms with Gasteiger partial charge >= 0.3 is 0 Å². The second kappa shape index (κ2) is 22.6. The molecule has 0 spiro atoms. The first-order valence-electron chi connectivity index (χ1n) is 25.2. The number of nitriles is 1. The molecule has 7 amide bonds. The van der Waals surface area contributed by atoms with Crippen molar-refractivity contribution in [2.24, 2.45) is 29.4 Å². The van der Waals surface area contributed by atoms with E-state index in [1.807, 2.05) is 78.9 Å². The maximum absolute atomic E-state index is 13.6. The van der Waals surface area contributed by atoms with Crippen molar-refractivity contribution in [2.45, 2.75) is 75.5 Å². The van der Waals surface area contributed by atoms with E-state index in [1.54, 1.807) is 32.4 Å². The molecular weight excluding hydrogens is 957 g/mol. The largest absolute Gasteiger partial charge is 0.496 e. The van der Waals surface area contributed by atoms with Crippen molar-refractivity contribution in [3.05, 3.63) is 131 Å². The number of H-pyrrole nitrogens is 2. The molecule has 19 heteroatoms. The molecule has 6 atom stereocenters. The van der Waals surface area contributed by atoms with Crippen LogP contribution in [0.3, 0.4) is 0 Å². The Hall–Kier alpha value is -8.66. The lowest BCUT2D eigenvalue weighted by Gasteiger charge is -2.26. The quantitative estimate of drug-likeness (QED) is 0.0642. The molecule has 0 saturated carbocycles. The van der Waals surface area contributed by atoms with Crippen LogP contribution in [0.5, 0.6) is 11.5 Å². The summed E-state index contributed by atoms with van der Waals surface area (Å²) >= 11 is 0. The van der Waals surface area contributed by atoms with Crippen molar-refractivity contribution in [1.29, 1.82) is 5.26 Å². The van der Waals surface area contributed by atoms with Crippen molar-refractivity contribution in [3.8, 4) is 17.6 Å². The smallest absolute Gasteiger partial charge is 0.268 e. The Labute approximate surface area is 432 Å². The minimum absolute atomic E-state index is 0.0974. The predicted octanol–water partition coefficient (Wildman–Crippen LogP) is 3.41. The van der Waals surface area contributed by atoms with Crippen molar-refractivity contribution in [2.75, 3.05) is 27.3 Å². The molecule has 2 fully saturated rings. The normalized spacial score (nSPS) is 18.5. The molecule has 0 bridgehead atoms. The Morgan fingerprint density at radius 1 is 0.613 bits per heavy atom. The zero-order chi connectivity index (χ0) is 52.8. The number of nitrogens with zero attached hydrogens (tertiary/aromatic N) is 1. The fourth-order valence-electron chi connectivity index (χ4n) is 11.0. The number of primary amides is 1. The zero-order valence-corrected chi connectivity index (χ0v) is 41.6. The minimum atomic E-state index is -1.03. The van der Waals surface area contributed by atoms with Gasteiger partial charge in [0.05, 0.1) is 20.3 Å². The number of carbonyl (C=O) groups is 7. The van der Waals surface area contributed by atoms with Crippen LogP contribution in [0.4, 0.5) is 0 Å². The number of rotatable bonds is 17. The van der Waals surface area contributed by atoms with Crippen LogP contribution in [0, 0.1) is 35.0 Å². The van der Waals surface area contributed by atoms with Gasteiger partial charge < -0.3 is 57.1 Å². The number of nitrogens with one attached hydrogen (secondary N) is 8. The molecule has 6 aromatic rings. The van der Waals surface area contributed by atoms with Crippen molar-refractivity contribution >= 4 is 63.2 Å². The summed E-state index contributed by atoms with van der Waals surface area (Å²) in [5.74, 6) is -2.63. The van der Waals surface area contributed by atoms with Crippen LogP contribution in [0.2, 0.25) is 0 Å². The van der Waals surface area contributed by atoms with Crippen molar-refractivity contribution in [1.82, 2.24) is 41.9 Å². The summed E-state index contributed by atoms with van der Waals surface area (Å²) in [6, 6.07) is 28.7. The molecule has 0 radical (unpaired) electrons. The molecule has 4 aromatic carbocycles. The number of nitrogens with two attached hydrogens (primary N) is 1. The van der Waals surface area contributed by atoms with Gasteiger partial charge in [-0.25, -0.2) is 0 Å². The first kappa shape index (κ1) is 51.2. The average molecular weight is 1020 g/mol. The summed E-state index contributed by atoms with van der Waals surface area (Å²) in [6.07, 6.45) is 4.02. The third-order valence-electron chi connectivity index (χ3n) is 14.9. The Morgan fingerprint density at radius 3 is 1.43 bits per heavy atom. The molecule has 2 aliphatic heterocycles. The Bertz CT molecular complexity index is 3160. The number of methoxy groups -OCH3 is 2. The highest BCUT2D eigenvalue weighted by molar-refractivity contribution is 6.03. The first-order valence-corrected chi connectivity index (χ1v) is 25.2. The summed E-state index contributed by atoms with van der Waals surface area (Å²) in [4.78, 5) is 96.4. The molecule has 0 unspecified atom stereocenters. The van der Waals surface area contributed by atoms with E-state index in [-0.39, 0.29) is 48.1 Å². The van der Waals surface area contributed by atoms with Crippen LogP contribution in [-0.2, 0) is 49.7 Å². The summed E-state index contributed by atoms with van der Waals surface area (Å²) in [5.41, 5.74) is 12.2. The molecular formula is C56H60N10O9. The first-order chi connectivity index (χ1) is 36.3. The number of aromatic nitrogens is 2. The highest BCUT2D eigenvalue weighted by atomic mass is 16.5. The van der Waals surface area contributed by atoms with E-state index in [2.05, 4.69) is 47.9 Å². The van der Waals surface area contributed by atoms with E-state index < -0.39 is 59.6 Å². The predicted molar refractivity (Wildman–Crippen MR) is 277 cm³/mol. The third-order valence-corrected chi connectivity index (χ3v) is 14.9. The maximum atomic E-state index is 13.6. The fraction of sp³-hybridized carbons (Fsp3) is 0.357. The number of fused-ring (bicyclic) bond motifs is 4. The van der Waals surface area contributed by atoms with Gasteiger partial charge in [-0.2, -0.15) is 5.26 Å². The van der Waals surface area contributed by atoms with Gasteiger partial charge in [-0.1, -0.05) is 60.7 Å². The Balaban J connectivity index is 0.000000184. The SMILES string of the molecule is COc1cccc2[nH]c(C(=O)N[C@H](C(=O)N[C@@H](C[C@@H]3CCNC3=O)C(N)=O)C3Cc4ccccc4C3)cc12.COc1cccc2[nH]c(C(=O)N[C@H](C(=O)N[C@H](C#N)C[C@@H]3CCNC3=O)C3Cc4ccccc4C3)cc12. The van der Waals surface area contributed by atoms with Gasteiger partial charge in [0.25, 0.3) is 11.8 Å². The molecule has 2 aliphatic carbocycles. The van der Waals surface area contributed by atoms with E-state index in [1.165, 1.54) is 0 Å². The number of hydrogen-bond acceptors (Lipinski definition) is 10. The number of amides is 7. The molecule has 19 nitrogen and oxygen atoms in total. The second-order valence-electron chi connectivity index (χ2n) is 19.7. The maximum Gasteiger partial charge on any atom is 0.268 e. The summed E-state index contributed by atoms with van der Waals surface area (Å²) in [5, 5.41) is 28.1. The number of hydrogen-bond donors (Lipinski definition) is 9. The third kappa shape index (κ3) is 11.4. The number of benzene rings is 4. The Morgan fingerprint density at radius 2 is 1.04 bits per heavy atom. The van der Waals surface area contributed by atoms with Crippen LogP contribution >= 0.6 is 0 Å². The van der Waals surface area contributed by atoms with Gasteiger partial charge in [-0.05, 0) is 122 Å². The van der Waals surface area contributed by atoms with Gasteiger partial charge in [0.2, 0.25) is 29.5 Å². The molecule has 10 N–H and O–H groups in total. The van der Waals surface area contributed by atoms with E-state index in [0.717, 1.165) is 44.1 Å². The van der Waals surface area contributed by atoms with Crippen LogP contribution in [0.1, 0.15) is 68.9 Å². The summed E-state index contributed by atoms with van der Waals surface area (Å²) < 4.78 is 10.8. The molecule has 388 valence electrons. The van der Waals surface area contributed by atoms with Crippen LogP contribution in [0.15, 0.2) is 97.1 Å². The van der Waals surface area contributed by atoms with Crippen LogP contribution in [-0.4, -0.2) is 103 Å². The van der Waals surface area contributed by atoms with E-state index in [4.69, 9.17) is 15.2 Å². The van der Waals surface area contributed by atoms with Crippen LogP contribution in [0.25, 0.3) is 21.8 Å². The minimum Gasteiger partial charge on any atom is -0.496 e. The highest BCUT2D eigenvalue weighted by Crippen LogP contribution is 2.33. The topological polar surface area (TPSA) is 292 Å². The lowest BCUT2D eigenvalue weighted by atomic mass is 9.93. The molecule has 75 heavy (non-hydrogen) atoms. The lowest BCUT2D eigenvalue weighted by Crippen LogP contribution is -2.56. The lowest BCUT2D eigenvalue weighted by molar-refractivity contribution is -0.130. The summed E-state index contributed by atoms with van der Waals surface area (Å²) in [7, 11) is 3.13. The Kier molecular flexibility index (Phi) is 15.5. The monoisotopic (exact) mass is 1020 g/mol. The number of carbonyl (C=O) groups excluding carboxylic acids is 7. The molecule has 2 saturated heterocycles. The van der Waals surface area contributed by atoms with Gasteiger partial charge in [-0.15, -0.1) is 0 Å². The van der Waals surface area contributed by atoms with E-state index in [9.17, 15) is 38.8 Å².